The van der Waals surface area contributed by atoms with Gasteiger partial charge in [-0.2, -0.15) is 13.2 Å². The molecule has 2 aromatic rings. The normalized spacial score (nSPS) is 11.9. The molecule has 0 spiro atoms. The average molecular weight is 303 g/mol. The van der Waals surface area contributed by atoms with Gasteiger partial charge >= 0.3 is 6.18 Å². The van der Waals surface area contributed by atoms with Gasteiger partial charge in [0.05, 0.1) is 10.5 Å². The van der Waals surface area contributed by atoms with E-state index in [1.165, 1.54) is 0 Å². The third-order valence-electron chi connectivity index (χ3n) is 2.98. The van der Waals surface area contributed by atoms with Gasteiger partial charge in [0.15, 0.2) is 0 Å². The molecular formula is C14H14ClF3N2. The van der Waals surface area contributed by atoms with Crippen LogP contribution in [0.5, 0.6) is 0 Å². The van der Waals surface area contributed by atoms with Crippen molar-refractivity contribution < 1.29 is 13.2 Å². The fourth-order valence-corrected chi connectivity index (χ4v) is 2.22. The monoisotopic (exact) mass is 302 g/mol. The van der Waals surface area contributed by atoms with E-state index in [0.29, 0.717) is 17.6 Å². The number of hydrogen-bond acceptors (Lipinski definition) is 2. The Morgan fingerprint density at radius 2 is 2.00 bits per heavy atom. The number of fused-ring (bicyclic) bond motifs is 1. The van der Waals surface area contributed by atoms with Crippen molar-refractivity contribution in [2.45, 2.75) is 26.4 Å². The molecule has 0 aliphatic heterocycles. The van der Waals surface area contributed by atoms with Crippen molar-refractivity contribution >= 4 is 28.2 Å². The van der Waals surface area contributed by atoms with Gasteiger partial charge in [0, 0.05) is 17.6 Å². The standard InChI is InChI=1S/C14H14ClF3N2/c1-3-6-19-10-7-11(14(16,17)18)20-13-9(15)5-4-8(2)12(10)13/h4-5,7H,3,6H2,1-2H3,(H,19,20). The predicted octanol–water partition coefficient (Wildman–Crippen LogP) is 5.04. The first-order valence-corrected chi connectivity index (χ1v) is 6.63. The van der Waals surface area contributed by atoms with E-state index in [2.05, 4.69) is 10.3 Å². The molecule has 0 aliphatic rings. The molecule has 0 aliphatic carbocycles. The van der Waals surface area contributed by atoms with E-state index in [9.17, 15) is 13.2 Å². The SMILES string of the molecule is CCCNc1cc(C(F)(F)F)nc2c(Cl)ccc(C)c12. The Hall–Kier alpha value is -1.49. The Kier molecular flexibility index (Phi) is 4.09. The van der Waals surface area contributed by atoms with Crippen LogP contribution in [0.3, 0.4) is 0 Å². The van der Waals surface area contributed by atoms with Crippen LogP contribution in [0, 0.1) is 6.92 Å². The van der Waals surface area contributed by atoms with Crippen molar-refractivity contribution in [3.63, 3.8) is 0 Å². The zero-order valence-electron chi connectivity index (χ0n) is 11.1. The number of aryl methyl sites for hydroxylation is 1. The van der Waals surface area contributed by atoms with Crippen LogP contribution in [0.2, 0.25) is 5.02 Å². The van der Waals surface area contributed by atoms with Crippen molar-refractivity contribution in [3.8, 4) is 0 Å². The Labute approximate surface area is 120 Å². The van der Waals surface area contributed by atoms with Gasteiger partial charge in [-0.1, -0.05) is 24.6 Å². The van der Waals surface area contributed by atoms with Gasteiger partial charge in [0.2, 0.25) is 0 Å². The minimum absolute atomic E-state index is 0.181. The molecule has 2 nitrogen and oxygen atoms in total. The van der Waals surface area contributed by atoms with Gasteiger partial charge < -0.3 is 5.32 Å². The summed E-state index contributed by atoms with van der Waals surface area (Å²) < 4.78 is 38.8. The second-order valence-corrected chi connectivity index (χ2v) is 4.97. The molecule has 0 saturated heterocycles. The lowest BCUT2D eigenvalue weighted by atomic mass is 10.1. The van der Waals surface area contributed by atoms with Crippen LogP contribution in [-0.2, 0) is 6.18 Å². The van der Waals surface area contributed by atoms with Crippen LogP contribution in [-0.4, -0.2) is 11.5 Å². The number of aromatic nitrogens is 1. The van der Waals surface area contributed by atoms with Gasteiger partial charge in [-0.3, -0.25) is 0 Å². The number of nitrogens with zero attached hydrogens (tertiary/aromatic N) is 1. The molecule has 0 saturated carbocycles. The first-order chi connectivity index (χ1) is 9.34. The number of pyridine rings is 1. The van der Waals surface area contributed by atoms with E-state index < -0.39 is 11.9 Å². The number of nitrogens with one attached hydrogen (secondary N) is 1. The van der Waals surface area contributed by atoms with Crippen LogP contribution in [0.1, 0.15) is 24.6 Å². The van der Waals surface area contributed by atoms with Crippen molar-refractivity contribution in [1.82, 2.24) is 4.98 Å². The summed E-state index contributed by atoms with van der Waals surface area (Å²) in [5.41, 5.74) is 0.504. The molecule has 0 fully saturated rings. The summed E-state index contributed by atoms with van der Waals surface area (Å²) in [6, 6.07) is 4.38. The second kappa shape index (κ2) is 5.48. The smallest absolute Gasteiger partial charge is 0.384 e. The van der Waals surface area contributed by atoms with Gasteiger partial charge in [0.1, 0.15) is 5.69 Å². The maximum atomic E-state index is 12.9. The molecule has 1 aromatic heterocycles. The molecule has 0 radical (unpaired) electrons. The first kappa shape index (κ1) is 14.9. The van der Waals surface area contributed by atoms with Gasteiger partial charge in [-0.25, -0.2) is 4.98 Å². The number of benzene rings is 1. The summed E-state index contributed by atoms with van der Waals surface area (Å²) in [7, 11) is 0. The largest absolute Gasteiger partial charge is 0.433 e. The van der Waals surface area contributed by atoms with Crippen LogP contribution < -0.4 is 5.32 Å². The topological polar surface area (TPSA) is 24.9 Å². The van der Waals surface area contributed by atoms with E-state index in [1.54, 1.807) is 12.1 Å². The van der Waals surface area contributed by atoms with Crippen molar-refractivity contribution in [2.75, 3.05) is 11.9 Å². The van der Waals surface area contributed by atoms with E-state index in [0.717, 1.165) is 18.1 Å². The van der Waals surface area contributed by atoms with E-state index >= 15 is 0 Å². The molecular weight excluding hydrogens is 289 g/mol. The molecule has 1 heterocycles. The van der Waals surface area contributed by atoms with Crippen molar-refractivity contribution in [3.05, 3.63) is 34.5 Å². The van der Waals surface area contributed by atoms with Crippen LogP contribution in [0.15, 0.2) is 18.2 Å². The Morgan fingerprint density at radius 3 is 2.60 bits per heavy atom. The van der Waals surface area contributed by atoms with Gasteiger partial charge in [-0.15, -0.1) is 0 Å². The summed E-state index contributed by atoms with van der Waals surface area (Å²) in [6.45, 7) is 4.36. The Bertz CT molecular complexity index is 638. The molecule has 0 atom stereocenters. The number of halogens is 4. The lowest BCUT2D eigenvalue weighted by molar-refractivity contribution is -0.140. The van der Waals surface area contributed by atoms with Crippen LogP contribution in [0.4, 0.5) is 18.9 Å². The maximum absolute atomic E-state index is 12.9. The zero-order chi connectivity index (χ0) is 14.9. The Balaban J connectivity index is 2.74. The lowest BCUT2D eigenvalue weighted by Crippen LogP contribution is -2.11. The highest BCUT2D eigenvalue weighted by molar-refractivity contribution is 6.35. The number of rotatable bonds is 3. The number of hydrogen-bond donors (Lipinski definition) is 1. The number of anilines is 1. The van der Waals surface area contributed by atoms with Gasteiger partial charge in [0.25, 0.3) is 0 Å². The summed E-state index contributed by atoms with van der Waals surface area (Å²) in [4.78, 5) is 3.68. The fraction of sp³-hybridized carbons (Fsp3) is 0.357. The highest BCUT2D eigenvalue weighted by Gasteiger charge is 2.33. The summed E-state index contributed by atoms with van der Waals surface area (Å²) in [5, 5.41) is 3.88. The lowest BCUT2D eigenvalue weighted by Gasteiger charge is -2.15. The number of alkyl halides is 3. The zero-order valence-corrected chi connectivity index (χ0v) is 11.9. The second-order valence-electron chi connectivity index (χ2n) is 4.57. The molecule has 1 aromatic carbocycles. The van der Waals surface area contributed by atoms with Crippen molar-refractivity contribution in [1.29, 1.82) is 0 Å². The quantitative estimate of drug-likeness (QED) is 0.859. The van der Waals surface area contributed by atoms with Crippen LogP contribution in [0.25, 0.3) is 10.9 Å². The first-order valence-electron chi connectivity index (χ1n) is 6.25. The van der Waals surface area contributed by atoms with Gasteiger partial charge in [-0.05, 0) is 31.0 Å². The third kappa shape index (κ3) is 2.82. The molecule has 0 amide bonds. The van der Waals surface area contributed by atoms with Crippen molar-refractivity contribution in [2.24, 2.45) is 0 Å². The predicted molar refractivity (Wildman–Crippen MR) is 75.3 cm³/mol. The third-order valence-corrected chi connectivity index (χ3v) is 3.28. The van der Waals surface area contributed by atoms with E-state index in [1.807, 2.05) is 13.8 Å². The molecule has 2 rings (SSSR count). The van der Waals surface area contributed by atoms with E-state index in [-0.39, 0.29) is 10.5 Å². The molecule has 1 N–H and O–H groups in total. The maximum Gasteiger partial charge on any atom is 0.433 e. The Morgan fingerprint density at radius 1 is 1.30 bits per heavy atom. The molecule has 0 bridgehead atoms. The molecule has 20 heavy (non-hydrogen) atoms. The summed E-state index contributed by atoms with van der Waals surface area (Å²) in [5.74, 6) is 0. The molecule has 6 heteroatoms. The highest BCUT2D eigenvalue weighted by atomic mass is 35.5. The minimum Gasteiger partial charge on any atom is -0.384 e. The van der Waals surface area contributed by atoms with E-state index in [4.69, 9.17) is 11.6 Å². The minimum atomic E-state index is -4.50. The molecule has 108 valence electrons. The molecule has 0 unspecified atom stereocenters. The fourth-order valence-electron chi connectivity index (χ4n) is 2.02. The highest BCUT2D eigenvalue weighted by Crippen LogP contribution is 2.36. The van der Waals surface area contributed by atoms with Crippen LogP contribution >= 0.6 is 11.6 Å². The summed E-state index contributed by atoms with van der Waals surface area (Å²) in [6.07, 6.45) is -3.69. The summed E-state index contributed by atoms with van der Waals surface area (Å²) >= 11 is 6.00. The average Bonchev–Trinajstić information content (AvgIpc) is 2.39.